The minimum Gasteiger partial charge on any atom is -0.0618 e. The van der Waals surface area contributed by atoms with E-state index in [-0.39, 0.29) is 0 Å². The Balaban J connectivity index is 2.85. The van der Waals surface area contributed by atoms with Crippen molar-refractivity contribution in [1.29, 1.82) is 0 Å². The van der Waals surface area contributed by atoms with Gasteiger partial charge in [0.05, 0.1) is 3.94 Å². The highest BCUT2D eigenvalue weighted by molar-refractivity contribution is 6.39. The van der Waals surface area contributed by atoms with E-state index in [4.69, 9.17) is 23.6 Å². The van der Waals surface area contributed by atoms with Crippen LogP contribution in [0.4, 0.5) is 5.69 Å². The van der Waals surface area contributed by atoms with Crippen LogP contribution in [0.25, 0.3) is 0 Å². The molecule has 0 spiro atoms. The van der Waals surface area contributed by atoms with Crippen molar-refractivity contribution >= 4 is 29.2 Å². The number of halogens is 2. The lowest BCUT2D eigenvalue weighted by Crippen LogP contribution is -1.90. The molecule has 0 aliphatic rings. The molecule has 0 N–H and O–H groups in total. The van der Waals surface area contributed by atoms with Gasteiger partial charge in [0.25, 0.3) is 23.6 Å². The predicted octanol–water partition coefficient (Wildman–Crippen LogP) is 2.77. The van der Waals surface area contributed by atoms with Crippen molar-refractivity contribution in [2.24, 2.45) is 0 Å². The first kappa shape index (κ1) is 6.87. The van der Waals surface area contributed by atoms with Crippen molar-refractivity contribution in [1.82, 2.24) is 3.94 Å². The average Bonchev–Trinajstić information content (AvgIpc) is 1.90. The number of hydrogen-bond donors (Lipinski definition) is 0. The van der Waals surface area contributed by atoms with E-state index in [2.05, 4.69) is 0 Å². The van der Waals surface area contributed by atoms with Gasteiger partial charge in [-0.1, -0.05) is 18.2 Å². The molecule has 47 valence electrons. The van der Waals surface area contributed by atoms with Crippen molar-refractivity contribution in [2.45, 2.75) is 0 Å². The number of benzene rings is 1. The molecule has 9 heavy (non-hydrogen) atoms. The molecule has 0 aliphatic carbocycles. The Morgan fingerprint density at radius 2 is 1.56 bits per heavy atom. The molecule has 0 saturated carbocycles. The number of hydrogen-bond acceptors (Lipinski definition) is 1. The molecule has 0 aromatic heterocycles. The first-order valence-electron chi connectivity index (χ1n) is 2.47. The molecular formula is C6H5Cl2N+. The minimum absolute atomic E-state index is 0.779. The normalized spacial score (nSPS) is 10.1. The Morgan fingerprint density at radius 3 is 1.89 bits per heavy atom. The van der Waals surface area contributed by atoms with Crippen LogP contribution in [0, 0.1) is 0 Å². The van der Waals surface area contributed by atoms with Gasteiger partial charge in [0.2, 0.25) is 5.69 Å². The molecular weight excluding hydrogens is 157 g/mol. The third-order valence-corrected chi connectivity index (χ3v) is 1.34. The second-order valence-corrected chi connectivity index (χ2v) is 2.42. The molecule has 1 nitrogen and oxygen atoms in total. The largest absolute Gasteiger partial charge is 0.257 e. The topological polar surface area (TPSA) is 5.90 Å². The Bertz CT molecular complexity index is 174. The number of nitrogens with zero attached hydrogens (tertiary/aromatic N) is 1. The lowest BCUT2D eigenvalue weighted by atomic mass is 10.3. The molecule has 0 unspecified atom stereocenters. The van der Waals surface area contributed by atoms with Gasteiger partial charge in [-0.3, -0.25) is 0 Å². The maximum absolute atomic E-state index is 5.40. The summed E-state index contributed by atoms with van der Waals surface area (Å²) in [5, 5.41) is 0. The smallest absolute Gasteiger partial charge is 0.0618 e. The van der Waals surface area contributed by atoms with Crippen molar-refractivity contribution in [2.75, 3.05) is 0 Å². The van der Waals surface area contributed by atoms with Crippen LogP contribution in [0.1, 0.15) is 0 Å². The predicted molar refractivity (Wildman–Crippen MR) is 39.9 cm³/mol. The zero-order valence-corrected chi connectivity index (χ0v) is 6.10. The van der Waals surface area contributed by atoms with Crippen LogP contribution < -0.4 is 3.94 Å². The third kappa shape index (κ3) is 1.86. The van der Waals surface area contributed by atoms with Crippen molar-refractivity contribution < 1.29 is 0 Å². The Hall–Kier alpha value is -0.240. The van der Waals surface area contributed by atoms with Gasteiger partial charge in [0.15, 0.2) is 0 Å². The van der Waals surface area contributed by atoms with Crippen LogP contribution in [-0.4, -0.2) is 0 Å². The van der Waals surface area contributed by atoms with Crippen LogP contribution in [0.15, 0.2) is 30.3 Å². The van der Waals surface area contributed by atoms with Gasteiger partial charge in [0.1, 0.15) is 0 Å². The van der Waals surface area contributed by atoms with Crippen LogP contribution in [0.3, 0.4) is 0 Å². The summed E-state index contributed by atoms with van der Waals surface area (Å²) in [6, 6.07) is 9.28. The highest BCUT2D eigenvalue weighted by Gasteiger charge is 2.11. The van der Waals surface area contributed by atoms with Gasteiger partial charge < -0.3 is 0 Å². The van der Waals surface area contributed by atoms with Crippen LogP contribution >= 0.6 is 23.6 Å². The van der Waals surface area contributed by atoms with Gasteiger partial charge in [0, 0.05) is 12.1 Å². The fourth-order valence-electron chi connectivity index (χ4n) is 0.541. The molecule has 0 atom stereocenters. The number of rotatable bonds is 1. The van der Waals surface area contributed by atoms with E-state index in [1.807, 2.05) is 30.3 Å². The SMILES string of the molecule is Cl[N+](Cl)c1ccccc1. The Kier molecular flexibility index (Phi) is 2.34. The second kappa shape index (κ2) is 3.06. The number of anilines is 1. The van der Waals surface area contributed by atoms with Gasteiger partial charge in [-0.25, -0.2) is 0 Å². The van der Waals surface area contributed by atoms with E-state index in [1.165, 1.54) is 0 Å². The molecule has 1 radical (unpaired) electrons. The molecule has 0 saturated heterocycles. The lowest BCUT2D eigenvalue weighted by Gasteiger charge is -1.85. The summed E-state index contributed by atoms with van der Waals surface area (Å²) < 4.78 is 1.03. The first-order chi connectivity index (χ1) is 4.30. The highest BCUT2D eigenvalue weighted by atomic mass is 35.5. The average molecular weight is 162 g/mol. The van der Waals surface area contributed by atoms with Crippen molar-refractivity contribution in [3.05, 3.63) is 30.3 Å². The zero-order chi connectivity index (χ0) is 6.69. The quantitative estimate of drug-likeness (QED) is 0.560. The summed E-state index contributed by atoms with van der Waals surface area (Å²) in [6.45, 7) is 0. The van der Waals surface area contributed by atoms with E-state index in [0.717, 1.165) is 9.63 Å². The first-order valence-corrected chi connectivity index (χ1v) is 3.15. The summed E-state index contributed by atoms with van der Waals surface area (Å²) >= 11 is 10.8. The van der Waals surface area contributed by atoms with E-state index < -0.39 is 0 Å². The van der Waals surface area contributed by atoms with Gasteiger partial charge in [-0.05, 0) is 0 Å². The molecule has 0 bridgehead atoms. The summed E-state index contributed by atoms with van der Waals surface area (Å²) in [5.74, 6) is 0. The summed E-state index contributed by atoms with van der Waals surface area (Å²) in [4.78, 5) is 0. The molecule has 1 aromatic carbocycles. The summed E-state index contributed by atoms with van der Waals surface area (Å²) in [6.07, 6.45) is 0. The maximum Gasteiger partial charge on any atom is 0.257 e. The van der Waals surface area contributed by atoms with E-state index in [1.54, 1.807) is 0 Å². The van der Waals surface area contributed by atoms with Crippen LogP contribution in [-0.2, 0) is 0 Å². The van der Waals surface area contributed by atoms with Crippen LogP contribution in [0.2, 0.25) is 0 Å². The molecule has 0 aliphatic heterocycles. The lowest BCUT2D eigenvalue weighted by molar-refractivity contribution is 1.22. The van der Waals surface area contributed by atoms with Crippen molar-refractivity contribution in [3.8, 4) is 0 Å². The molecule has 3 heteroatoms. The molecule has 0 heterocycles. The molecule has 0 fully saturated rings. The van der Waals surface area contributed by atoms with Crippen LogP contribution in [0.5, 0.6) is 0 Å². The molecule has 1 aromatic rings. The fraction of sp³-hybridized carbons (Fsp3) is 0. The zero-order valence-electron chi connectivity index (χ0n) is 4.59. The van der Waals surface area contributed by atoms with Crippen molar-refractivity contribution in [3.63, 3.8) is 0 Å². The van der Waals surface area contributed by atoms with E-state index in [0.29, 0.717) is 0 Å². The Labute approximate surface area is 64.0 Å². The fourth-order valence-corrected chi connectivity index (χ4v) is 0.766. The molecule has 1 rings (SSSR count). The monoisotopic (exact) mass is 161 g/mol. The summed E-state index contributed by atoms with van der Waals surface area (Å²) in [7, 11) is 0. The maximum atomic E-state index is 5.40. The third-order valence-electron chi connectivity index (χ3n) is 0.951. The van der Waals surface area contributed by atoms with Gasteiger partial charge in [-0.2, -0.15) is 0 Å². The van der Waals surface area contributed by atoms with Gasteiger partial charge in [-0.15, -0.1) is 0 Å². The Morgan fingerprint density at radius 1 is 1.00 bits per heavy atom. The summed E-state index contributed by atoms with van der Waals surface area (Å²) in [5.41, 5.74) is 0.779. The van der Waals surface area contributed by atoms with E-state index in [9.17, 15) is 0 Å². The minimum atomic E-state index is 0.779. The standard InChI is InChI=1S/C6H5Cl2N/c7-9(8)6-4-2-1-3-5-6/h1-5H/q+1. The second-order valence-electron chi connectivity index (χ2n) is 1.57. The van der Waals surface area contributed by atoms with E-state index >= 15 is 0 Å². The highest BCUT2D eigenvalue weighted by Crippen LogP contribution is 2.15. The molecule has 0 amide bonds. The van der Waals surface area contributed by atoms with Gasteiger partial charge >= 0.3 is 0 Å². The number of para-hydroxylation sites is 1.